The van der Waals surface area contributed by atoms with Crippen molar-refractivity contribution >= 4 is 16.7 Å². The first-order chi connectivity index (χ1) is 9.76. The van der Waals surface area contributed by atoms with Gasteiger partial charge in [0, 0.05) is 24.0 Å². The number of hydrazine groups is 1. The zero-order valence-corrected chi connectivity index (χ0v) is 12.0. The minimum absolute atomic E-state index is 0.784. The first kappa shape index (κ1) is 13.3. The van der Waals surface area contributed by atoms with E-state index in [1.54, 1.807) is 0 Å². The fourth-order valence-electron chi connectivity index (χ4n) is 3.08. The van der Waals surface area contributed by atoms with Gasteiger partial charge in [0.2, 0.25) is 0 Å². The minimum Gasteiger partial charge on any atom is -0.308 e. The van der Waals surface area contributed by atoms with E-state index in [2.05, 4.69) is 34.4 Å². The summed E-state index contributed by atoms with van der Waals surface area (Å²) in [6, 6.07) is 10.4. The number of fused-ring (bicyclic) bond motifs is 1. The first-order valence-corrected chi connectivity index (χ1v) is 7.34. The van der Waals surface area contributed by atoms with Crippen molar-refractivity contribution < 1.29 is 0 Å². The third-order valence-corrected chi connectivity index (χ3v) is 4.07. The number of piperidine rings is 1. The predicted molar refractivity (Wildman–Crippen MR) is 83.2 cm³/mol. The van der Waals surface area contributed by atoms with Crippen LogP contribution in [-0.4, -0.2) is 23.0 Å². The molecule has 0 spiro atoms. The molecule has 1 aromatic carbocycles. The molecule has 0 bridgehead atoms. The van der Waals surface area contributed by atoms with E-state index in [1.807, 2.05) is 18.2 Å². The Bertz CT molecular complexity index is 596. The van der Waals surface area contributed by atoms with E-state index in [4.69, 9.17) is 5.84 Å². The van der Waals surface area contributed by atoms with Crippen molar-refractivity contribution in [1.29, 1.82) is 0 Å². The highest BCUT2D eigenvalue weighted by molar-refractivity contribution is 5.81. The third-order valence-electron chi connectivity index (χ3n) is 4.07. The molecule has 3 N–H and O–H groups in total. The van der Waals surface area contributed by atoms with Crippen LogP contribution < -0.4 is 11.3 Å². The van der Waals surface area contributed by atoms with E-state index >= 15 is 0 Å². The predicted octanol–water partition coefficient (Wildman–Crippen LogP) is 2.75. The monoisotopic (exact) mass is 270 g/mol. The summed E-state index contributed by atoms with van der Waals surface area (Å²) in [5.74, 6) is 7.22. The molecule has 0 aliphatic carbocycles. The number of aromatic nitrogens is 1. The van der Waals surface area contributed by atoms with Crippen LogP contribution in [0, 0.1) is 5.92 Å². The average molecular weight is 270 g/mol. The molecule has 0 radical (unpaired) electrons. The number of hydrogen-bond acceptors (Lipinski definition) is 4. The van der Waals surface area contributed by atoms with E-state index in [0.717, 1.165) is 30.3 Å². The van der Waals surface area contributed by atoms with Crippen molar-refractivity contribution in [3.8, 4) is 0 Å². The molecule has 1 aromatic heterocycles. The minimum atomic E-state index is 0.784. The van der Waals surface area contributed by atoms with Gasteiger partial charge in [0.05, 0.1) is 5.52 Å². The van der Waals surface area contributed by atoms with Gasteiger partial charge in [-0.15, -0.1) is 0 Å². The molecule has 3 rings (SSSR count). The van der Waals surface area contributed by atoms with Gasteiger partial charge >= 0.3 is 0 Å². The van der Waals surface area contributed by atoms with Crippen molar-refractivity contribution in [2.45, 2.75) is 26.3 Å². The number of rotatable bonds is 3. The molecular weight excluding hydrogens is 248 g/mol. The lowest BCUT2D eigenvalue weighted by molar-refractivity contribution is 0.177. The molecule has 4 nitrogen and oxygen atoms in total. The van der Waals surface area contributed by atoms with Gasteiger partial charge in [-0.1, -0.05) is 25.1 Å². The molecule has 2 heterocycles. The molecule has 1 atom stereocenters. The van der Waals surface area contributed by atoms with Crippen LogP contribution in [0.4, 0.5) is 5.82 Å². The molecule has 2 aromatic rings. The zero-order chi connectivity index (χ0) is 13.9. The van der Waals surface area contributed by atoms with Gasteiger partial charge in [-0.25, -0.2) is 10.8 Å². The second-order valence-electron chi connectivity index (χ2n) is 5.82. The van der Waals surface area contributed by atoms with Crippen LogP contribution in [0.5, 0.6) is 0 Å². The molecule has 0 saturated carbocycles. The van der Waals surface area contributed by atoms with Crippen molar-refractivity contribution in [1.82, 2.24) is 9.88 Å². The van der Waals surface area contributed by atoms with Crippen molar-refractivity contribution in [3.05, 3.63) is 35.9 Å². The summed E-state index contributed by atoms with van der Waals surface area (Å²) in [4.78, 5) is 7.12. The standard InChI is InChI=1S/C16H22N4/c1-12-5-4-8-20(10-12)11-14-9-13-6-2-3-7-15(13)18-16(14)19-17/h2-3,6-7,9,12H,4-5,8,10-11,17H2,1H3,(H,18,19). The molecule has 1 saturated heterocycles. The first-order valence-electron chi connectivity index (χ1n) is 7.34. The van der Waals surface area contributed by atoms with Crippen LogP contribution in [0.15, 0.2) is 30.3 Å². The number of benzene rings is 1. The largest absolute Gasteiger partial charge is 0.308 e. The van der Waals surface area contributed by atoms with Crippen molar-refractivity contribution in [3.63, 3.8) is 0 Å². The van der Waals surface area contributed by atoms with Crippen LogP contribution in [0.3, 0.4) is 0 Å². The Balaban J connectivity index is 1.89. The Morgan fingerprint density at radius 2 is 2.25 bits per heavy atom. The summed E-state index contributed by atoms with van der Waals surface area (Å²) < 4.78 is 0. The van der Waals surface area contributed by atoms with Crippen LogP contribution in [-0.2, 0) is 6.54 Å². The summed E-state index contributed by atoms with van der Waals surface area (Å²) in [6.45, 7) is 5.58. The summed E-state index contributed by atoms with van der Waals surface area (Å²) >= 11 is 0. The van der Waals surface area contributed by atoms with E-state index in [1.165, 1.54) is 30.3 Å². The number of likely N-dealkylation sites (tertiary alicyclic amines) is 1. The molecular formula is C16H22N4. The van der Waals surface area contributed by atoms with Crippen LogP contribution in [0.25, 0.3) is 10.9 Å². The summed E-state index contributed by atoms with van der Waals surface area (Å²) in [5.41, 5.74) is 4.91. The van der Waals surface area contributed by atoms with Gasteiger partial charge in [0.25, 0.3) is 0 Å². The molecule has 4 heteroatoms. The number of pyridine rings is 1. The summed E-state index contributed by atoms with van der Waals surface area (Å²) in [6.07, 6.45) is 2.63. The van der Waals surface area contributed by atoms with E-state index < -0.39 is 0 Å². The van der Waals surface area contributed by atoms with Gasteiger partial charge in [-0.05, 0) is 37.4 Å². The molecule has 1 aliphatic rings. The average Bonchev–Trinajstić information content (AvgIpc) is 2.46. The zero-order valence-electron chi connectivity index (χ0n) is 12.0. The Kier molecular flexibility index (Phi) is 3.85. The lowest BCUT2D eigenvalue weighted by Gasteiger charge is -2.31. The van der Waals surface area contributed by atoms with Gasteiger partial charge in [0.15, 0.2) is 0 Å². The topological polar surface area (TPSA) is 54.2 Å². The molecule has 20 heavy (non-hydrogen) atoms. The van der Waals surface area contributed by atoms with Crippen LogP contribution in [0.1, 0.15) is 25.3 Å². The SMILES string of the molecule is CC1CCCN(Cc2cc3ccccc3nc2NN)C1. The van der Waals surface area contributed by atoms with Gasteiger partial charge in [0.1, 0.15) is 5.82 Å². The highest BCUT2D eigenvalue weighted by Gasteiger charge is 2.18. The number of nitrogens with zero attached hydrogens (tertiary/aromatic N) is 2. The van der Waals surface area contributed by atoms with E-state index in [-0.39, 0.29) is 0 Å². The number of nitrogens with one attached hydrogen (secondary N) is 1. The van der Waals surface area contributed by atoms with Crippen LogP contribution in [0.2, 0.25) is 0 Å². The Hall–Kier alpha value is -1.65. The number of nitrogen functional groups attached to an aromatic ring is 1. The highest BCUT2D eigenvalue weighted by Crippen LogP contribution is 2.23. The number of nitrogens with two attached hydrogens (primary N) is 1. The van der Waals surface area contributed by atoms with E-state index in [9.17, 15) is 0 Å². The number of para-hydroxylation sites is 1. The summed E-state index contributed by atoms with van der Waals surface area (Å²) in [5, 5.41) is 1.17. The molecule has 1 unspecified atom stereocenters. The van der Waals surface area contributed by atoms with E-state index in [0.29, 0.717) is 0 Å². The smallest absolute Gasteiger partial charge is 0.145 e. The maximum absolute atomic E-state index is 5.64. The summed E-state index contributed by atoms with van der Waals surface area (Å²) in [7, 11) is 0. The molecule has 1 aliphatic heterocycles. The molecule has 106 valence electrons. The third kappa shape index (κ3) is 2.76. The second kappa shape index (κ2) is 5.77. The Morgan fingerprint density at radius 1 is 1.40 bits per heavy atom. The van der Waals surface area contributed by atoms with Gasteiger partial charge in [-0.2, -0.15) is 0 Å². The van der Waals surface area contributed by atoms with Crippen LogP contribution >= 0.6 is 0 Å². The van der Waals surface area contributed by atoms with Gasteiger partial charge < -0.3 is 5.43 Å². The molecule has 1 fully saturated rings. The van der Waals surface area contributed by atoms with Crippen molar-refractivity contribution in [2.24, 2.45) is 11.8 Å². The second-order valence-corrected chi connectivity index (χ2v) is 5.82. The normalized spacial score (nSPS) is 20.2. The molecule has 0 amide bonds. The maximum Gasteiger partial charge on any atom is 0.145 e. The fraction of sp³-hybridized carbons (Fsp3) is 0.438. The maximum atomic E-state index is 5.64. The number of hydrogen-bond donors (Lipinski definition) is 2. The number of anilines is 1. The lowest BCUT2D eigenvalue weighted by atomic mass is 9.99. The highest BCUT2D eigenvalue weighted by atomic mass is 15.3. The Labute approximate surface area is 120 Å². The fourth-order valence-corrected chi connectivity index (χ4v) is 3.08. The van der Waals surface area contributed by atoms with Gasteiger partial charge in [-0.3, -0.25) is 4.90 Å². The quantitative estimate of drug-likeness (QED) is 0.665. The van der Waals surface area contributed by atoms with Crippen molar-refractivity contribution in [2.75, 3.05) is 18.5 Å². The Morgan fingerprint density at radius 3 is 3.05 bits per heavy atom. The lowest BCUT2D eigenvalue weighted by Crippen LogP contribution is -2.34.